The lowest BCUT2D eigenvalue weighted by atomic mass is 10.2. The van der Waals surface area contributed by atoms with Crippen LogP contribution in [0.4, 0.5) is 0 Å². The molecule has 0 aliphatic heterocycles. The number of amides is 1. The molecule has 3 aromatic rings. The van der Waals surface area contributed by atoms with Crippen LogP contribution in [0.1, 0.15) is 21.7 Å². The predicted octanol–water partition coefficient (Wildman–Crippen LogP) is 3.04. The maximum absolute atomic E-state index is 12.5. The van der Waals surface area contributed by atoms with Crippen molar-refractivity contribution in [3.63, 3.8) is 0 Å². The molecule has 0 aliphatic carbocycles. The number of carbonyl (C=O) groups is 1. The van der Waals surface area contributed by atoms with Crippen molar-refractivity contribution >= 4 is 15.7 Å². The Labute approximate surface area is 158 Å². The monoisotopic (exact) mass is 379 g/mol. The van der Waals surface area contributed by atoms with Crippen LogP contribution in [0.15, 0.2) is 82.3 Å². The number of hydrogen-bond acceptors (Lipinski definition) is 4. The third kappa shape index (κ3) is 4.87. The summed E-state index contributed by atoms with van der Waals surface area (Å²) in [5, 5.41) is 2.62. The molecule has 1 N–H and O–H groups in total. The van der Waals surface area contributed by atoms with E-state index in [9.17, 15) is 13.2 Å². The Balaban J connectivity index is 1.66. The third-order valence-corrected chi connectivity index (χ3v) is 5.43. The Morgan fingerprint density at radius 2 is 1.63 bits per heavy atom. The minimum Gasteiger partial charge on any atom is -0.459 e. The molecule has 0 saturated heterocycles. The second-order valence-corrected chi connectivity index (χ2v) is 7.69. The second-order valence-electron chi connectivity index (χ2n) is 5.70. The summed E-state index contributed by atoms with van der Waals surface area (Å²) in [4.78, 5) is 12.5. The van der Waals surface area contributed by atoms with Crippen LogP contribution in [0, 0.1) is 11.8 Å². The van der Waals surface area contributed by atoms with E-state index in [1.54, 1.807) is 18.2 Å². The van der Waals surface area contributed by atoms with E-state index >= 15 is 0 Å². The Kier molecular flexibility index (Phi) is 5.74. The maximum atomic E-state index is 12.5. The predicted molar refractivity (Wildman–Crippen MR) is 102 cm³/mol. The molecule has 3 rings (SSSR count). The highest BCUT2D eigenvalue weighted by Gasteiger charge is 2.22. The van der Waals surface area contributed by atoms with Crippen LogP contribution in [-0.4, -0.2) is 20.9 Å². The Hall–Kier alpha value is -3.30. The fraction of sp³-hybridized carbons (Fsp3) is 0.0952. The lowest BCUT2D eigenvalue weighted by Gasteiger charge is -2.05. The molecular formula is C21H17NO4S. The van der Waals surface area contributed by atoms with Gasteiger partial charge in [-0.3, -0.25) is 4.79 Å². The lowest BCUT2D eigenvalue weighted by Crippen LogP contribution is -2.24. The van der Waals surface area contributed by atoms with Crippen LogP contribution in [0.2, 0.25) is 0 Å². The summed E-state index contributed by atoms with van der Waals surface area (Å²) in [6.07, 6.45) is 1.31. The molecule has 0 spiro atoms. The van der Waals surface area contributed by atoms with Crippen molar-refractivity contribution in [2.24, 2.45) is 0 Å². The molecule has 136 valence electrons. The van der Waals surface area contributed by atoms with Crippen molar-refractivity contribution in [3.05, 3.63) is 89.9 Å². The summed E-state index contributed by atoms with van der Waals surface area (Å²) < 4.78 is 30.2. The van der Waals surface area contributed by atoms with E-state index in [0.29, 0.717) is 5.56 Å². The van der Waals surface area contributed by atoms with Crippen LogP contribution in [0.3, 0.4) is 0 Å². The Morgan fingerprint density at radius 3 is 2.33 bits per heavy atom. The summed E-state index contributed by atoms with van der Waals surface area (Å²) in [5.74, 6) is 4.94. The first kappa shape index (κ1) is 18.5. The van der Waals surface area contributed by atoms with Crippen LogP contribution in [0.5, 0.6) is 0 Å². The van der Waals surface area contributed by atoms with Gasteiger partial charge in [0.2, 0.25) is 0 Å². The summed E-state index contributed by atoms with van der Waals surface area (Å²) in [5.41, 5.74) is 1.16. The molecule has 1 heterocycles. The van der Waals surface area contributed by atoms with Crippen LogP contribution >= 0.6 is 0 Å². The molecule has 1 amide bonds. The normalized spacial score (nSPS) is 10.7. The fourth-order valence-corrected chi connectivity index (χ4v) is 3.81. The zero-order chi connectivity index (χ0) is 19.1. The molecule has 6 heteroatoms. The number of carbonyl (C=O) groups excluding carboxylic acids is 1. The number of furan rings is 1. The van der Waals surface area contributed by atoms with Crippen molar-refractivity contribution in [1.82, 2.24) is 5.32 Å². The fourth-order valence-electron chi connectivity index (χ4n) is 2.44. The minimum atomic E-state index is -3.57. The van der Waals surface area contributed by atoms with Gasteiger partial charge in [0.05, 0.1) is 23.5 Å². The molecule has 0 fully saturated rings. The van der Waals surface area contributed by atoms with E-state index in [4.69, 9.17) is 4.42 Å². The zero-order valence-electron chi connectivity index (χ0n) is 14.4. The number of sulfone groups is 1. The highest BCUT2D eigenvalue weighted by atomic mass is 32.2. The molecule has 0 atom stereocenters. The largest absolute Gasteiger partial charge is 0.459 e. The average Bonchev–Trinajstić information content (AvgIpc) is 3.14. The van der Waals surface area contributed by atoms with Gasteiger partial charge in [0.1, 0.15) is 0 Å². The third-order valence-electron chi connectivity index (χ3n) is 3.74. The van der Waals surface area contributed by atoms with Crippen LogP contribution in [0.25, 0.3) is 0 Å². The van der Waals surface area contributed by atoms with Crippen molar-refractivity contribution in [2.75, 3.05) is 6.54 Å². The highest BCUT2D eigenvalue weighted by molar-refractivity contribution is 7.90. The second kappa shape index (κ2) is 8.39. The topological polar surface area (TPSA) is 76.4 Å². The number of nitrogens with one attached hydrogen (secondary N) is 1. The molecule has 0 radical (unpaired) electrons. The summed E-state index contributed by atoms with van der Waals surface area (Å²) >= 11 is 0. The molecule has 0 saturated carbocycles. The van der Waals surface area contributed by atoms with Crippen molar-refractivity contribution < 1.29 is 17.6 Å². The van der Waals surface area contributed by atoms with E-state index in [1.807, 2.05) is 30.3 Å². The molecule has 1 aromatic heterocycles. The van der Waals surface area contributed by atoms with Gasteiger partial charge >= 0.3 is 0 Å². The van der Waals surface area contributed by atoms with E-state index < -0.39 is 15.7 Å². The maximum Gasteiger partial charge on any atom is 0.288 e. The standard InChI is InChI=1S/C21H17NO4S/c23-21(22-14-7-10-17-8-3-1-4-9-17)20-18(13-15-26-20)16-27(24,25)19-11-5-2-6-12-19/h1-6,8-9,11-13,15H,14,16H2,(H,22,23). The van der Waals surface area contributed by atoms with Gasteiger partial charge in [-0.15, -0.1) is 0 Å². The first-order chi connectivity index (χ1) is 13.1. The zero-order valence-corrected chi connectivity index (χ0v) is 15.2. The van der Waals surface area contributed by atoms with Gasteiger partial charge in [0.25, 0.3) is 5.91 Å². The van der Waals surface area contributed by atoms with Gasteiger partial charge < -0.3 is 9.73 Å². The minimum absolute atomic E-state index is 0.0176. The van der Waals surface area contributed by atoms with Gasteiger partial charge in [-0.1, -0.05) is 48.2 Å². The first-order valence-electron chi connectivity index (χ1n) is 8.22. The Morgan fingerprint density at radius 1 is 0.963 bits per heavy atom. The SMILES string of the molecule is O=C(NCC#Cc1ccccc1)c1occc1CS(=O)(=O)c1ccccc1. The highest BCUT2D eigenvalue weighted by Crippen LogP contribution is 2.19. The number of rotatable bonds is 5. The van der Waals surface area contributed by atoms with Gasteiger partial charge in [0, 0.05) is 11.1 Å². The van der Waals surface area contributed by atoms with Gasteiger partial charge in [-0.05, 0) is 30.3 Å². The lowest BCUT2D eigenvalue weighted by molar-refractivity contribution is 0.0930. The molecule has 0 aliphatic rings. The average molecular weight is 379 g/mol. The van der Waals surface area contributed by atoms with E-state index in [-0.39, 0.29) is 23.0 Å². The van der Waals surface area contributed by atoms with Crippen molar-refractivity contribution in [2.45, 2.75) is 10.6 Å². The van der Waals surface area contributed by atoms with Gasteiger partial charge in [0.15, 0.2) is 15.6 Å². The van der Waals surface area contributed by atoms with E-state index in [0.717, 1.165) is 5.56 Å². The van der Waals surface area contributed by atoms with Crippen LogP contribution < -0.4 is 5.32 Å². The van der Waals surface area contributed by atoms with Crippen molar-refractivity contribution in [3.8, 4) is 11.8 Å². The summed E-state index contributed by atoms with van der Waals surface area (Å²) in [6, 6.07) is 19.0. The number of benzene rings is 2. The Bertz CT molecular complexity index is 1080. The smallest absolute Gasteiger partial charge is 0.288 e. The van der Waals surface area contributed by atoms with E-state index in [1.165, 1.54) is 24.5 Å². The quantitative estimate of drug-likeness (QED) is 0.692. The summed E-state index contributed by atoms with van der Waals surface area (Å²) in [7, 11) is -3.57. The number of hydrogen-bond donors (Lipinski definition) is 1. The molecule has 0 unspecified atom stereocenters. The van der Waals surface area contributed by atoms with Crippen LogP contribution in [-0.2, 0) is 15.6 Å². The molecule has 27 heavy (non-hydrogen) atoms. The summed E-state index contributed by atoms with van der Waals surface area (Å²) in [6.45, 7) is 0.124. The van der Waals surface area contributed by atoms with Gasteiger partial charge in [-0.25, -0.2) is 8.42 Å². The molecule has 2 aromatic carbocycles. The van der Waals surface area contributed by atoms with Gasteiger partial charge in [-0.2, -0.15) is 0 Å². The van der Waals surface area contributed by atoms with Crippen molar-refractivity contribution in [1.29, 1.82) is 0 Å². The first-order valence-corrected chi connectivity index (χ1v) is 9.88. The molecule has 5 nitrogen and oxygen atoms in total. The van der Waals surface area contributed by atoms with E-state index in [2.05, 4.69) is 17.2 Å². The molecular weight excluding hydrogens is 362 g/mol. The molecule has 0 bridgehead atoms.